The number of hydrogen-bond acceptors (Lipinski definition) is 3. The van der Waals surface area contributed by atoms with Crippen molar-refractivity contribution < 1.29 is 14.7 Å². The zero-order chi connectivity index (χ0) is 17.0. The Kier molecular flexibility index (Phi) is 5.39. The van der Waals surface area contributed by atoms with Gasteiger partial charge in [-0.15, -0.1) is 0 Å². The van der Waals surface area contributed by atoms with Crippen molar-refractivity contribution in [2.45, 2.75) is 52.9 Å². The lowest BCUT2D eigenvalue weighted by molar-refractivity contribution is 0.0691. The summed E-state index contributed by atoms with van der Waals surface area (Å²) in [6.45, 7) is 7.60. The minimum Gasteiger partial charge on any atom is -0.478 e. The van der Waals surface area contributed by atoms with Gasteiger partial charge < -0.3 is 10.0 Å². The van der Waals surface area contributed by atoms with E-state index in [2.05, 4.69) is 18.8 Å². The maximum absolute atomic E-state index is 12.7. The van der Waals surface area contributed by atoms with E-state index in [0.717, 1.165) is 45.2 Å². The molecule has 1 saturated heterocycles. The summed E-state index contributed by atoms with van der Waals surface area (Å²) in [6, 6.07) is 2.99. The summed E-state index contributed by atoms with van der Waals surface area (Å²) < 4.78 is 0. The molecule has 23 heavy (non-hydrogen) atoms. The Bertz CT molecular complexity index is 594. The first-order valence-electron chi connectivity index (χ1n) is 8.42. The number of aromatic nitrogens is 1. The molecule has 1 aliphatic rings. The minimum atomic E-state index is -1.01. The molecule has 126 valence electrons. The van der Waals surface area contributed by atoms with Crippen molar-refractivity contribution in [3.8, 4) is 0 Å². The molecular weight excluding hydrogens is 292 g/mol. The summed E-state index contributed by atoms with van der Waals surface area (Å²) in [5.41, 5.74) is 1.22. The highest BCUT2D eigenvalue weighted by molar-refractivity contribution is 5.94. The molecule has 0 unspecified atom stereocenters. The number of likely N-dealkylation sites (tertiary alicyclic amines) is 1. The highest BCUT2D eigenvalue weighted by Crippen LogP contribution is 2.38. The van der Waals surface area contributed by atoms with Gasteiger partial charge in [0.05, 0.1) is 11.3 Å². The second kappa shape index (κ2) is 7.11. The predicted octanol–water partition coefficient (Wildman–Crippen LogP) is 3.52. The molecule has 1 N–H and O–H groups in total. The maximum atomic E-state index is 12.7. The summed E-state index contributed by atoms with van der Waals surface area (Å²) >= 11 is 0. The summed E-state index contributed by atoms with van der Waals surface area (Å²) in [7, 11) is 0. The number of carbonyl (C=O) groups is 2. The summed E-state index contributed by atoms with van der Waals surface area (Å²) in [6.07, 6.45) is 5.50. The van der Waals surface area contributed by atoms with Gasteiger partial charge in [-0.3, -0.25) is 4.79 Å². The van der Waals surface area contributed by atoms with E-state index in [4.69, 9.17) is 5.11 Å². The highest BCUT2D eigenvalue weighted by atomic mass is 16.4. The third kappa shape index (κ3) is 3.71. The van der Waals surface area contributed by atoms with Crippen LogP contribution in [0.1, 0.15) is 72.5 Å². The van der Waals surface area contributed by atoms with Gasteiger partial charge in [-0.25, -0.2) is 9.78 Å². The second-order valence-electron chi connectivity index (χ2n) is 6.49. The van der Waals surface area contributed by atoms with Crippen molar-refractivity contribution in [3.63, 3.8) is 0 Å². The second-order valence-corrected chi connectivity index (χ2v) is 6.49. The molecule has 2 heterocycles. The van der Waals surface area contributed by atoms with Crippen molar-refractivity contribution in [1.29, 1.82) is 0 Å². The van der Waals surface area contributed by atoms with Gasteiger partial charge in [-0.2, -0.15) is 0 Å². The van der Waals surface area contributed by atoms with Crippen LogP contribution in [0.2, 0.25) is 0 Å². The molecule has 0 aromatic carbocycles. The van der Waals surface area contributed by atoms with Gasteiger partial charge in [0, 0.05) is 13.1 Å². The van der Waals surface area contributed by atoms with E-state index >= 15 is 0 Å². The molecule has 1 amide bonds. The number of carbonyl (C=O) groups excluding carboxylic acids is 1. The highest BCUT2D eigenvalue weighted by Gasteiger charge is 2.31. The standard InChI is InChI=1S/C18H26N2O3/c1-4-18(5-2)9-6-11-20(12-10-18)16(21)15-8-7-14(17(22)23)13(3)19-15/h7-8H,4-6,9-12H2,1-3H3,(H,22,23). The first kappa shape index (κ1) is 17.4. The van der Waals surface area contributed by atoms with Crippen LogP contribution in [0.15, 0.2) is 12.1 Å². The van der Waals surface area contributed by atoms with Crippen molar-refractivity contribution in [2.75, 3.05) is 13.1 Å². The Balaban J connectivity index is 2.15. The van der Waals surface area contributed by atoms with E-state index in [1.165, 1.54) is 12.1 Å². The molecule has 0 radical (unpaired) electrons. The molecule has 1 fully saturated rings. The monoisotopic (exact) mass is 318 g/mol. The summed E-state index contributed by atoms with van der Waals surface area (Å²) in [5.74, 6) is -1.10. The third-order valence-electron chi connectivity index (χ3n) is 5.37. The Morgan fingerprint density at radius 1 is 1.22 bits per heavy atom. The van der Waals surface area contributed by atoms with Gasteiger partial charge in [0.2, 0.25) is 0 Å². The molecule has 1 aromatic heterocycles. The molecule has 0 bridgehead atoms. The van der Waals surface area contributed by atoms with Gasteiger partial charge in [-0.1, -0.05) is 26.7 Å². The zero-order valence-corrected chi connectivity index (χ0v) is 14.3. The average Bonchev–Trinajstić information content (AvgIpc) is 2.76. The molecule has 5 nitrogen and oxygen atoms in total. The fourth-order valence-corrected chi connectivity index (χ4v) is 3.48. The van der Waals surface area contributed by atoms with Crippen LogP contribution in [0.25, 0.3) is 0 Å². The number of pyridine rings is 1. The first-order valence-corrected chi connectivity index (χ1v) is 8.42. The van der Waals surface area contributed by atoms with E-state index in [1.807, 2.05) is 4.90 Å². The number of aryl methyl sites for hydroxylation is 1. The number of hydrogen-bond donors (Lipinski definition) is 1. The molecule has 1 aliphatic heterocycles. The predicted molar refractivity (Wildman–Crippen MR) is 88.7 cm³/mol. The van der Waals surface area contributed by atoms with E-state index in [9.17, 15) is 9.59 Å². The van der Waals surface area contributed by atoms with Crippen LogP contribution in [-0.2, 0) is 0 Å². The molecule has 0 aliphatic carbocycles. The number of aromatic carboxylic acids is 1. The lowest BCUT2D eigenvalue weighted by Gasteiger charge is -2.30. The lowest BCUT2D eigenvalue weighted by atomic mass is 9.76. The third-order valence-corrected chi connectivity index (χ3v) is 5.37. The summed E-state index contributed by atoms with van der Waals surface area (Å²) in [4.78, 5) is 29.8. The van der Waals surface area contributed by atoms with Gasteiger partial charge in [0.25, 0.3) is 5.91 Å². The topological polar surface area (TPSA) is 70.5 Å². The number of carboxylic acid groups (broad SMARTS) is 1. The van der Waals surface area contributed by atoms with E-state index in [-0.39, 0.29) is 11.5 Å². The molecular formula is C18H26N2O3. The van der Waals surface area contributed by atoms with Gasteiger partial charge >= 0.3 is 5.97 Å². The van der Waals surface area contributed by atoms with Crippen LogP contribution in [0, 0.1) is 12.3 Å². The van der Waals surface area contributed by atoms with Gasteiger partial charge in [0.15, 0.2) is 0 Å². The van der Waals surface area contributed by atoms with E-state index < -0.39 is 5.97 Å². The van der Waals surface area contributed by atoms with E-state index in [0.29, 0.717) is 16.8 Å². The van der Waals surface area contributed by atoms with Crippen LogP contribution < -0.4 is 0 Å². The van der Waals surface area contributed by atoms with Crippen LogP contribution in [0.4, 0.5) is 0 Å². The molecule has 2 rings (SSSR count). The Morgan fingerprint density at radius 3 is 2.48 bits per heavy atom. The zero-order valence-electron chi connectivity index (χ0n) is 14.3. The number of rotatable bonds is 4. The van der Waals surface area contributed by atoms with Crippen LogP contribution in [-0.4, -0.2) is 40.0 Å². The Labute approximate surface area is 137 Å². The number of nitrogens with zero attached hydrogens (tertiary/aromatic N) is 2. The van der Waals surface area contributed by atoms with Gasteiger partial charge in [0.1, 0.15) is 5.69 Å². The fourth-order valence-electron chi connectivity index (χ4n) is 3.48. The van der Waals surface area contributed by atoms with Crippen LogP contribution in [0.5, 0.6) is 0 Å². The van der Waals surface area contributed by atoms with E-state index in [1.54, 1.807) is 6.92 Å². The quantitative estimate of drug-likeness (QED) is 0.922. The van der Waals surface area contributed by atoms with Crippen molar-refractivity contribution in [3.05, 3.63) is 29.1 Å². The minimum absolute atomic E-state index is 0.0898. The van der Waals surface area contributed by atoms with Crippen molar-refractivity contribution >= 4 is 11.9 Å². The molecule has 1 aromatic rings. The first-order chi connectivity index (χ1) is 10.9. The number of carboxylic acids is 1. The SMILES string of the molecule is CCC1(CC)CCCN(C(=O)c2ccc(C(=O)O)c(C)n2)CC1. The molecule has 0 spiro atoms. The molecule has 0 saturated carbocycles. The lowest BCUT2D eigenvalue weighted by Crippen LogP contribution is -2.33. The fraction of sp³-hybridized carbons (Fsp3) is 0.611. The van der Waals surface area contributed by atoms with Crippen molar-refractivity contribution in [2.24, 2.45) is 5.41 Å². The molecule has 5 heteroatoms. The number of amides is 1. The summed E-state index contributed by atoms with van der Waals surface area (Å²) in [5, 5.41) is 9.06. The largest absolute Gasteiger partial charge is 0.478 e. The maximum Gasteiger partial charge on any atom is 0.337 e. The van der Waals surface area contributed by atoms with Crippen LogP contribution >= 0.6 is 0 Å². The molecule has 0 atom stereocenters. The van der Waals surface area contributed by atoms with Crippen molar-refractivity contribution in [1.82, 2.24) is 9.88 Å². The smallest absolute Gasteiger partial charge is 0.337 e. The van der Waals surface area contributed by atoms with Crippen LogP contribution in [0.3, 0.4) is 0 Å². The van der Waals surface area contributed by atoms with Gasteiger partial charge in [-0.05, 0) is 43.7 Å². The Hall–Kier alpha value is -1.91. The average molecular weight is 318 g/mol. The normalized spacial score (nSPS) is 17.6. The Morgan fingerprint density at radius 2 is 1.91 bits per heavy atom.